The first-order chi connectivity index (χ1) is 11.1. The number of amides is 1. The molecule has 1 amide bonds. The van der Waals surface area contributed by atoms with Crippen LogP contribution in [0.25, 0.3) is 0 Å². The van der Waals surface area contributed by atoms with E-state index in [1.54, 1.807) is 24.3 Å². The van der Waals surface area contributed by atoms with Crippen LogP contribution >= 0.6 is 11.6 Å². The molecule has 0 aliphatic heterocycles. The molecule has 23 heavy (non-hydrogen) atoms. The van der Waals surface area contributed by atoms with Gasteiger partial charge in [-0.25, -0.2) is 0 Å². The number of fused-ring (bicyclic) bond motifs is 1. The fourth-order valence-corrected chi connectivity index (χ4v) is 2.98. The highest BCUT2D eigenvalue weighted by atomic mass is 35.5. The summed E-state index contributed by atoms with van der Waals surface area (Å²) in [5.41, 5.74) is 2.15. The lowest BCUT2D eigenvalue weighted by molar-refractivity contribution is 0.102. The Balaban J connectivity index is 1.92. The number of ether oxygens (including phenoxy) is 1. The number of hydrogen-bond acceptors (Lipinski definition) is 3. The molecule has 3 rings (SSSR count). The minimum atomic E-state index is -0.472. The van der Waals surface area contributed by atoms with Gasteiger partial charge in [-0.2, -0.15) is 0 Å². The molecule has 0 saturated carbocycles. The number of aryl methyl sites for hydroxylation is 2. The third-order valence-corrected chi connectivity index (χ3v) is 4.23. The van der Waals surface area contributed by atoms with Crippen molar-refractivity contribution < 1.29 is 9.53 Å². The van der Waals surface area contributed by atoms with Gasteiger partial charge in [0.1, 0.15) is 11.3 Å². The monoisotopic (exact) mass is 332 g/mol. The van der Waals surface area contributed by atoms with E-state index >= 15 is 0 Å². The Morgan fingerprint density at radius 2 is 2.04 bits per heavy atom. The normalized spacial score (nSPS) is 13.3. The lowest BCUT2D eigenvalue weighted by atomic mass is 9.95. The van der Waals surface area contributed by atoms with E-state index in [2.05, 4.69) is 10.3 Å². The molecular weight excluding hydrogens is 316 g/mol. The van der Waals surface area contributed by atoms with Crippen LogP contribution < -0.4 is 15.6 Å². The summed E-state index contributed by atoms with van der Waals surface area (Å²) in [6, 6.07) is 6.61. The van der Waals surface area contributed by atoms with Crippen LogP contribution in [0.4, 0.5) is 5.69 Å². The molecule has 2 aromatic rings. The number of halogens is 1. The summed E-state index contributed by atoms with van der Waals surface area (Å²) < 4.78 is 5.20. The van der Waals surface area contributed by atoms with Crippen molar-refractivity contribution in [2.24, 2.45) is 0 Å². The third kappa shape index (κ3) is 3.24. The average Bonchev–Trinajstić information content (AvgIpc) is 2.54. The molecule has 120 valence electrons. The first-order valence-corrected chi connectivity index (χ1v) is 7.86. The molecule has 0 saturated heterocycles. The molecule has 0 spiro atoms. The van der Waals surface area contributed by atoms with Crippen molar-refractivity contribution in [2.45, 2.75) is 25.7 Å². The zero-order valence-electron chi connectivity index (χ0n) is 12.7. The molecule has 1 aliphatic rings. The van der Waals surface area contributed by atoms with Crippen LogP contribution in [0.1, 0.15) is 34.5 Å². The van der Waals surface area contributed by atoms with Gasteiger partial charge in [-0.3, -0.25) is 9.59 Å². The van der Waals surface area contributed by atoms with Gasteiger partial charge >= 0.3 is 0 Å². The van der Waals surface area contributed by atoms with Crippen molar-refractivity contribution in [3.63, 3.8) is 0 Å². The molecule has 0 unspecified atom stereocenters. The first-order valence-electron chi connectivity index (χ1n) is 7.48. The highest BCUT2D eigenvalue weighted by Crippen LogP contribution is 2.28. The van der Waals surface area contributed by atoms with Crippen molar-refractivity contribution in [2.75, 3.05) is 12.4 Å². The SMILES string of the molecule is COc1ccc(Cl)cc1NC(=O)c1cc2c([nH]c1=O)CCCC2. The third-order valence-electron chi connectivity index (χ3n) is 3.99. The number of aromatic nitrogens is 1. The van der Waals surface area contributed by atoms with Crippen LogP contribution in [0, 0.1) is 0 Å². The number of pyridine rings is 1. The topological polar surface area (TPSA) is 71.2 Å². The number of rotatable bonds is 3. The number of benzene rings is 1. The smallest absolute Gasteiger partial charge is 0.261 e. The summed E-state index contributed by atoms with van der Waals surface area (Å²) in [7, 11) is 1.50. The fourth-order valence-electron chi connectivity index (χ4n) is 2.81. The van der Waals surface area contributed by atoms with Crippen LogP contribution in [0.5, 0.6) is 5.75 Å². The van der Waals surface area contributed by atoms with Gasteiger partial charge in [-0.1, -0.05) is 11.6 Å². The number of H-pyrrole nitrogens is 1. The molecule has 0 atom stereocenters. The van der Waals surface area contributed by atoms with Crippen molar-refractivity contribution in [3.05, 3.63) is 56.5 Å². The molecule has 2 N–H and O–H groups in total. The Hall–Kier alpha value is -2.27. The van der Waals surface area contributed by atoms with Crippen LogP contribution in [0.15, 0.2) is 29.1 Å². The number of aromatic amines is 1. The Labute approximate surface area is 138 Å². The van der Waals surface area contributed by atoms with Crippen molar-refractivity contribution in [1.82, 2.24) is 4.98 Å². The lowest BCUT2D eigenvalue weighted by Gasteiger charge is -2.16. The van der Waals surface area contributed by atoms with E-state index in [1.807, 2.05) is 0 Å². The largest absolute Gasteiger partial charge is 0.495 e. The summed E-state index contributed by atoms with van der Waals surface area (Å²) in [4.78, 5) is 27.5. The summed E-state index contributed by atoms with van der Waals surface area (Å²) >= 11 is 5.95. The second kappa shape index (κ2) is 6.46. The maximum Gasteiger partial charge on any atom is 0.261 e. The molecular formula is C17H17ClN2O3. The average molecular weight is 333 g/mol. The van der Waals surface area contributed by atoms with E-state index < -0.39 is 5.91 Å². The molecule has 0 bridgehead atoms. The van der Waals surface area contributed by atoms with E-state index in [-0.39, 0.29) is 11.1 Å². The number of nitrogens with one attached hydrogen (secondary N) is 2. The predicted octanol–water partition coefficient (Wildman–Crippen LogP) is 3.17. The molecule has 6 heteroatoms. The first kappa shape index (κ1) is 15.6. The molecule has 0 radical (unpaired) electrons. The zero-order chi connectivity index (χ0) is 16.4. The maximum absolute atomic E-state index is 12.5. The number of anilines is 1. The van der Waals surface area contributed by atoms with Gasteiger partial charge in [0.2, 0.25) is 0 Å². The van der Waals surface area contributed by atoms with E-state index in [4.69, 9.17) is 16.3 Å². The Morgan fingerprint density at radius 3 is 2.83 bits per heavy atom. The molecule has 1 heterocycles. The van der Waals surface area contributed by atoms with Crippen LogP contribution in [0.3, 0.4) is 0 Å². The Morgan fingerprint density at radius 1 is 1.26 bits per heavy atom. The zero-order valence-corrected chi connectivity index (χ0v) is 13.5. The van der Waals surface area contributed by atoms with Gasteiger partial charge in [0.15, 0.2) is 0 Å². The molecule has 1 aliphatic carbocycles. The van der Waals surface area contributed by atoms with Gasteiger partial charge in [0.05, 0.1) is 12.8 Å². The van der Waals surface area contributed by atoms with Crippen LogP contribution in [-0.2, 0) is 12.8 Å². The highest BCUT2D eigenvalue weighted by molar-refractivity contribution is 6.31. The second-order valence-corrected chi connectivity index (χ2v) is 5.96. The summed E-state index contributed by atoms with van der Waals surface area (Å²) in [5, 5.41) is 3.17. The number of hydrogen-bond donors (Lipinski definition) is 2. The van der Waals surface area contributed by atoms with E-state index in [0.717, 1.165) is 36.9 Å². The van der Waals surface area contributed by atoms with Crippen molar-refractivity contribution in [1.29, 1.82) is 0 Å². The van der Waals surface area contributed by atoms with Crippen LogP contribution in [-0.4, -0.2) is 18.0 Å². The minimum absolute atomic E-state index is 0.104. The minimum Gasteiger partial charge on any atom is -0.495 e. The van der Waals surface area contributed by atoms with Gasteiger partial charge in [-0.05, 0) is 55.5 Å². The fraction of sp³-hybridized carbons (Fsp3) is 0.294. The number of carbonyl (C=O) groups is 1. The van der Waals surface area contributed by atoms with Crippen molar-refractivity contribution in [3.8, 4) is 5.75 Å². The predicted molar refractivity (Wildman–Crippen MR) is 89.7 cm³/mol. The maximum atomic E-state index is 12.5. The summed E-state index contributed by atoms with van der Waals surface area (Å²) in [6.07, 6.45) is 3.87. The van der Waals surface area contributed by atoms with E-state index in [0.29, 0.717) is 16.5 Å². The lowest BCUT2D eigenvalue weighted by Crippen LogP contribution is -2.26. The Bertz CT molecular complexity index is 814. The molecule has 0 fully saturated rings. The molecule has 1 aromatic heterocycles. The summed E-state index contributed by atoms with van der Waals surface area (Å²) in [5.74, 6) is 0.0114. The second-order valence-electron chi connectivity index (χ2n) is 5.52. The quantitative estimate of drug-likeness (QED) is 0.907. The van der Waals surface area contributed by atoms with Gasteiger partial charge in [0.25, 0.3) is 11.5 Å². The van der Waals surface area contributed by atoms with Gasteiger partial charge < -0.3 is 15.0 Å². The molecule has 1 aromatic carbocycles. The Kier molecular flexibility index (Phi) is 4.39. The van der Waals surface area contributed by atoms with Crippen LogP contribution in [0.2, 0.25) is 5.02 Å². The van der Waals surface area contributed by atoms with Gasteiger partial charge in [0, 0.05) is 10.7 Å². The number of methoxy groups -OCH3 is 1. The van der Waals surface area contributed by atoms with Gasteiger partial charge in [-0.15, -0.1) is 0 Å². The van der Waals surface area contributed by atoms with E-state index in [1.165, 1.54) is 7.11 Å². The van der Waals surface area contributed by atoms with Crippen molar-refractivity contribution >= 4 is 23.2 Å². The molecule has 5 nitrogen and oxygen atoms in total. The summed E-state index contributed by atoms with van der Waals surface area (Å²) in [6.45, 7) is 0. The number of carbonyl (C=O) groups excluding carboxylic acids is 1. The van der Waals surface area contributed by atoms with E-state index in [9.17, 15) is 9.59 Å². The standard InChI is InChI=1S/C17H17ClN2O3/c1-23-15-7-6-11(18)9-14(15)20-17(22)12-8-10-4-2-3-5-13(10)19-16(12)21/h6-9H,2-5H2,1H3,(H,19,21)(H,20,22). The highest BCUT2D eigenvalue weighted by Gasteiger charge is 2.18.